The van der Waals surface area contributed by atoms with E-state index in [1.165, 1.54) is 12.5 Å². The molecule has 1 amide bonds. The fourth-order valence-corrected chi connectivity index (χ4v) is 2.28. The SMILES string of the molecule is CC(O)(CNC(=O)C1Cc2ccccc21)CC(=O)O. The minimum Gasteiger partial charge on any atom is -0.481 e. The van der Waals surface area contributed by atoms with Gasteiger partial charge in [0, 0.05) is 6.54 Å². The highest BCUT2D eigenvalue weighted by molar-refractivity contribution is 5.86. The molecule has 102 valence electrons. The van der Waals surface area contributed by atoms with Crippen LogP contribution in [0.2, 0.25) is 0 Å². The lowest BCUT2D eigenvalue weighted by atomic mass is 9.77. The predicted molar refractivity (Wildman–Crippen MR) is 68.8 cm³/mol. The van der Waals surface area contributed by atoms with Crippen LogP contribution in [0.3, 0.4) is 0 Å². The zero-order valence-electron chi connectivity index (χ0n) is 10.7. The zero-order valence-corrected chi connectivity index (χ0v) is 10.7. The summed E-state index contributed by atoms with van der Waals surface area (Å²) in [6, 6.07) is 7.72. The van der Waals surface area contributed by atoms with Crippen molar-refractivity contribution in [2.45, 2.75) is 31.3 Å². The summed E-state index contributed by atoms with van der Waals surface area (Å²) in [4.78, 5) is 22.5. The smallest absolute Gasteiger partial charge is 0.306 e. The number of carbonyl (C=O) groups excluding carboxylic acids is 1. The summed E-state index contributed by atoms with van der Waals surface area (Å²) in [6.45, 7) is 1.34. The molecule has 0 fully saturated rings. The van der Waals surface area contributed by atoms with Gasteiger partial charge in [0.2, 0.25) is 5.91 Å². The van der Waals surface area contributed by atoms with E-state index in [0.717, 1.165) is 5.56 Å². The highest BCUT2D eigenvalue weighted by Gasteiger charge is 2.33. The molecule has 0 aliphatic heterocycles. The van der Waals surface area contributed by atoms with Crippen molar-refractivity contribution in [2.24, 2.45) is 0 Å². The Morgan fingerprint density at radius 2 is 2.11 bits per heavy atom. The summed E-state index contributed by atoms with van der Waals surface area (Å²) in [5.74, 6) is -1.44. The van der Waals surface area contributed by atoms with E-state index in [0.29, 0.717) is 6.42 Å². The third kappa shape index (κ3) is 3.12. The molecular weight excluding hydrogens is 246 g/mol. The van der Waals surface area contributed by atoms with Crippen LogP contribution in [0.5, 0.6) is 0 Å². The van der Waals surface area contributed by atoms with Gasteiger partial charge in [-0.05, 0) is 24.5 Å². The molecule has 1 aliphatic carbocycles. The second-order valence-corrected chi connectivity index (χ2v) is 5.24. The highest BCUT2D eigenvalue weighted by atomic mass is 16.4. The number of carboxylic acids is 1. The largest absolute Gasteiger partial charge is 0.481 e. The van der Waals surface area contributed by atoms with Crippen molar-refractivity contribution in [2.75, 3.05) is 6.54 Å². The van der Waals surface area contributed by atoms with Crippen molar-refractivity contribution < 1.29 is 19.8 Å². The molecule has 2 unspecified atom stereocenters. The van der Waals surface area contributed by atoms with Crippen LogP contribution in [0.25, 0.3) is 0 Å². The Kier molecular flexibility index (Phi) is 3.57. The van der Waals surface area contributed by atoms with Crippen molar-refractivity contribution in [3.05, 3.63) is 35.4 Å². The molecule has 0 aromatic heterocycles. The Morgan fingerprint density at radius 1 is 1.42 bits per heavy atom. The van der Waals surface area contributed by atoms with Crippen LogP contribution in [-0.2, 0) is 16.0 Å². The maximum absolute atomic E-state index is 12.0. The number of hydrogen-bond acceptors (Lipinski definition) is 3. The number of aliphatic carboxylic acids is 1. The van der Waals surface area contributed by atoms with Crippen LogP contribution < -0.4 is 5.32 Å². The summed E-state index contributed by atoms with van der Waals surface area (Å²) in [6.07, 6.45) is 0.303. The maximum Gasteiger partial charge on any atom is 0.306 e. The van der Waals surface area contributed by atoms with Crippen LogP contribution in [-0.4, -0.2) is 34.2 Å². The topological polar surface area (TPSA) is 86.6 Å². The number of fused-ring (bicyclic) bond motifs is 1. The minimum atomic E-state index is -1.43. The van der Waals surface area contributed by atoms with Crippen molar-refractivity contribution in [3.8, 4) is 0 Å². The van der Waals surface area contributed by atoms with Gasteiger partial charge in [0.1, 0.15) is 0 Å². The molecule has 0 bridgehead atoms. The van der Waals surface area contributed by atoms with Gasteiger partial charge in [0.05, 0.1) is 17.9 Å². The van der Waals surface area contributed by atoms with E-state index in [1.807, 2.05) is 24.3 Å². The molecule has 0 radical (unpaired) electrons. The molecule has 0 saturated heterocycles. The normalized spacial score (nSPS) is 19.8. The van der Waals surface area contributed by atoms with Gasteiger partial charge in [-0.15, -0.1) is 0 Å². The highest BCUT2D eigenvalue weighted by Crippen LogP contribution is 2.34. The van der Waals surface area contributed by atoms with Crippen LogP contribution in [0.4, 0.5) is 0 Å². The van der Waals surface area contributed by atoms with Gasteiger partial charge < -0.3 is 15.5 Å². The van der Waals surface area contributed by atoms with Crippen LogP contribution in [0.15, 0.2) is 24.3 Å². The zero-order chi connectivity index (χ0) is 14.0. The Labute approximate surface area is 111 Å². The van der Waals surface area contributed by atoms with Gasteiger partial charge >= 0.3 is 5.97 Å². The molecule has 0 spiro atoms. The molecule has 5 nitrogen and oxygen atoms in total. The van der Waals surface area contributed by atoms with Crippen molar-refractivity contribution >= 4 is 11.9 Å². The number of carbonyl (C=O) groups is 2. The first kappa shape index (κ1) is 13.5. The summed E-state index contributed by atoms with van der Waals surface area (Å²) in [5, 5.41) is 21.1. The van der Waals surface area contributed by atoms with Gasteiger partial charge in [0.25, 0.3) is 0 Å². The quantitative estimate of drug-likeness (QED) is 0.728. The first-order valence-corrected chi connectivity index (χ1v) is 6.19. The molecule has 0 heterocycles. The molecule has 19 heavy (non-hydrogen) atoms. The molecule has 1 aliphatic rings. The van der Waals surface area contributed by atoms with E-state index in [1.54, 1.807) is 0 Å². The van der Waals surface area contributed by atoms with Crippen LogP contribution in [0, 0.1) is 0 Å². The number of carboxylic acid groups (broad SMARTS) is 1. The van der Waals surface area contributed by atoms with E-state index >= 15 is 0 Å². The van der Waals surface area contributed by atoms with Gasteiger partial charge in [-0.2, -0.15) is 0 Å². The number of aliphatic hydroxyl groups is 1. The molecule has 5 heteroatoms. The lowest BCUT2D eigenvalue weighted by Crippen LogP contribution is -2.45. The summed E-state index contributed by atoms with van der Waals surface area (Å²) in [7, 11) is 0. The third-order valence-electron chi connectivity index (χ3n) is 3.35. The van der Waals surface area contributed by atoms with Gasteiger partial charge in [-0.3, -0.25) is 9.59 Å². The third-order valence-corrected chi connectivity index (χ3v) is 3.35. The van der Waals surface area contributed by atoms with E-state index < -0.39 is 18.0 Å². The van der Waals surface area contributed by atoms with E-state index in [4.69, 9.17) is 5.11 Å². The summed E-state index contributed by atoms with van der Waals surface area (Å²) >= 11 is 0. The fraction of sp³-hybridized carbons (Fsp3) is 0.429. The van der Waals surface area contributed by atoms with Crippen molar-refractivity contribution in [1.29, 1.82) is 0 Å². The first-order valence-electron chi connectivity index (χ1n) is 6.19. The van der Waals surface area contributed by atoms with Crippen molar-refractivity contribution in [1.82, 2.24) is 5.32 Å². The number of nitrogens with one attached hydrogen (secondary N) is 1. The molecule has 0 saturated carbocycles. The monoisotopic (exact) mass is 263 g/mol. The van der Waals surface area contributed by atoms with E-state index in [9.17, 15) is 14.7 Å². The van der Waals surface area contributed by atoms with Gasteiger partial charge in [0.15, 0.2) is 0 Å². The lowest BCUT2D eigenvalue weighted by Gasteiger charge is -2.30. The lowest BCUT2D eigenvalue weighted by molar-refractivity contribution is -0.142. The Bertz CT molecular complexity index is 510. The summed E-state index contributed by atoms with van der Waals surface area (Å²) in [5.41, 5.74) is 0.753. The van der Waals surface area contributed by atoms with Crippen LogP contribution >= 0.6 is 0 Å². The number of benzene rings is 1. The fourth-order valence-electron chi connectivity index (χ4n) is 2.28. The molecule has 1 aromatic carbocycles. The van der Waals surface area contributed by atoms with Gasteiger partial charge in [-0.1, -0.05) is 24.3 Å². The molecule has 2 atom stereocenters. The molecule has 2 rings (SSSR count). The Morgan fingerprint density at radius 3 is 2.74 bits per heavy atom. The Balaban J connectivity index is 1.89. The standard InChI is InChI=1S/C14H17NO4/c1-14(19,7-12(16)17)8-15-13(18)11-6-9-4-2-3-5-10(9)11/h2-5,11,19H,6-8H2,1H3,(H,15,18)(H,16,17). The molecular formula is C14H17NO4. The van der Waals surface area contributed by atoms with E-state index in [-0.39, 0.29) is 18.4 Å². The van der Waals surface area contributed by atoms with E-state index in [2.05, 4.69) is 5.32 Å². The maximum atomic E-state index is 12.0. The Hall–Kier alpha value is -1.88. The minimum absolute atomic E-state index is 0.0587. The second-order valence-electron chi connectivity index (χ2n) is 5.24. The van der Waals surface area contributed by atoms with Gasteiger partial charge in [-0.25, -0.2) is 0 Å². The summed E-state index contributed by atoms with van der Waals surface area (Å²) < 4.78 is 0. The average molecular weight is 263 g/mol. The molecule has 3 N–H and O–H groups in total. The average Bonchev–Trinajstić information content (AvgIpc) is 2.27. The second kappa shape index (κ2) is 5.01. The number of hydrogen-bond donors (Lipinski definition) is 3. The molecule has 1 aromatic rings. The van der Waals surface area contributed by atoms with Crippen molar-refractivity contribution in [3.63, 3.8) is 0 Å². The predicted octanol–water partition coefficient (Wildman–Crippen LogP) is 0.668. The number of rotatable bonds is 5. The number of amides is 1. The van der Waals surface area contributed by atoms with Crippen LogP contribution in [0.1, 0.15) is 30.4 Å². The first-order chi connectivity index (χ1) is 8.89.